The molecule has 1 heterocycles. The van der Waals surface area contributed by atoms with E-state index in [2.05, 4.69) is 46.9 Å². The number of phenolic OH excluding ortho intramolecular Hbond substituents is 1. The molecule has 1 aliphatic rings. The maximum absolute atomic E-state index is 10.4. The third-order valence-corrected chi connectivity index (χ3v) is 4.72. The van der Waals surface area contributed by atoms with Crippen LogP contribution in [0.3, 0.4) is 0 Å². The summed E-state index contributed by atoms with van der Waals surface area (Å²) in [6, 6.07) is 3.76. The Balaban J connectivity index is 2.49. The molecule has 0 bridgehead atoms. The molecule has 0 saturated carbocycles. The zero-order valence-electron chi connectivity index (χ0n) is 12.2. The number of rotatable bonds is 2. The van der Waals surface area contributed by atoms with Crippen molar-refractivity contribution in [3.8, 4) is 5.75 Å². The van der Waals surface area contributed by atoms with Crippen molar-refractivity contribution in [3.05, 3.63) is 27.2 Å². The largest absolute Gasteiger partial charge is 0.506 e. The predicted octanol–water partition coefficient (Wildman–Crippen LogP) is 3.80. The molecule has 1 aliphatic heterocycles. The Bertz CT molecular complexity index is 481. The Labute approximate surface area is 134 Å². The molecular formula is C15H22BrClN2O. The van der Waals surface area contributed by atoms with Gasteiger partial charge in [-0.3, -0.25) is 4.90 Å². The summed E-state index contributed by atoms with van der Waals surface area (Å²) in [5.74, 6) is 0.194. The van der Waals surface area contributed by atoms with Gasteiger partial charge < -0.3 is 10.4 Å². The van der Waals surface area contributed by atoms with Crippen LogP contribution in [0.1, 0.15) is 32.4 Å². The third kappa shape index (κ3) is 3.30. The van der Waals surface area contributed by atoms with Gasteiger partial charge in [-0.15, -0.1) is 0 Å². The number of phenols is 1. The summed E-state index contributed by atoms with van der Waals surface area (Å²) >= 11 is 9.70. The van der Waals surface area contributed by atoms with Gasteiger partial charge >= 0.3 is 0 Å². The van der Waals surface area contributed by atoms with Crippen molar-refractivity contribution in [3.63, 3.8) is 0 Å². The highest BCUT2D eigenvalue weighted by Gasteiger charge is 2.36. The molecule has 1 saturated heterocycles. The van der Waals surface area contributed by atoms with Crippen LogP contribution in [0.2, 0.25) is 5.02 Å². The van der Waals surface area contributed by atoms with Crippen LogP contribution in [0, 0.1) is 5.41 Å². The van der Waals surface area contributed by atoms with Crippen molar-refractivity contribution in [2.24, 2.45) is 5.41 Å². The van der Waals surface area contributed by atoms with E-state index in [1.165, 1.54) is 0 Å². The van der Waals surface area contributed by atoms with Crippen molar-refractivity contribution in [1.82, 2.24) is 10.2 Å². The predicted molar refractivity (Wildman–Crippen MR) is 87.5 cm³/mol. The molecule has 1 fully saturated rings. The number of hydrogen-bond acceptors (Lipinski definition) is 3. The van der Waals surface area contributed by atoms with E-state index in [0.717, 1.165) is 36.2 Å². The monoisotopic (exact) mass is 360 g/mol. The number of halogens is 2. The molecule has 1 atom stereocenters. The number of benzene rings is 1. The summed E-state index contributed by atoms with van der Waals surface area (Å²) in [5, 5.41) is 14.2. The van der Waals surface area contributed by atoms with E-state index >= 15 is 0 Å². The lowest BCUT2D eigenvalue weighted by atomic mass is 9.80. The molecule has 1 aromatic carbocycles. The first kappa shape index (κ1) is 16.1. The van der Waals surface area contributed by atoms with Gasteiger partial charge in [0.25, 0.3) is 0 Å². The van der Waals surface area contributed by atoms with Gasteiger partial charge in [0.05, 0.1) is 5.02 Å². The van der Waals surface area contributed by atoms with E-state index in [4.69, 9.17) is 11.6 Å². The minimum atomic E-state index is 0.00201. The number of hydrogen-bond donors (Lipinski definition) is 2. The lowest BCUT2D eigenvalue weighted by Crippen LogP contribution is -2.48. The summed E-state index contributed by atoms with van der Waals surface area (Å²) in [5.41, 5.74) is 0.897. The van der Waals surface area contributed by atoms with Crippen LogP contribution >= 0.6 is 27.5 Å². The second-order valence-corrected chi connectivity index (χ2v) is 7.61. The summed E-state index contributed by atoms with van der Waals surface area (Å²) in [7, 11) is 0. The summed E-state index contributed by atoms with van der Waals surface area (Å²) in [4.78, 5) is 2.42. The van der Waals surface area contributed by atoms with Crippen LogP contribution < -0.4 is 5.32 Å². The molecule has 0 spiro atoms. The topological polar surface area (TPSA) is 35.5 Å². The van der Waals surface area contributed by atoms with E-state index in [0.29, 0.717) is 5.02 Å². The van der Waals surface area contributed by atoms with Gasteiger partial charge in [-0.1, -0.05) is 48.3 Å². The van der Waals surface area contributed by atoms with E-state index in [9.17, 15) is 5.11 Å². The van der Waals surface area contributed by atoms with Gasteiger partial charge in [0.2, 0.25) is 0 Å². The number of aromatic hydroxyl groups is 1. The van der Waals surface area contributed by atoms with Crippen LogP contribution in [-0.2, 0) is 0 Å². The van der Waals surface area contributed by atoms with Gasteiger partial charge in [0.1, 0.15) is 5.75 Å². The Hall–Kier alpha value is -0.290. The fourth-order valence-electron chi connectivity index (χ4n) is 2.92. The third-order valence-electron chi connectivity index (χ3n) is 3.73. The van der Waals surface area contributed by atoms with Gasteiger partial charge in [0, 0.05) is 42.3 Å². The summed E-state index contributed by atoms with van der Waals surface area (Å²) in [6.45, 7) is 10.5. The van der Waals surface area contributed by atoms with E-state index in [1.807, 2.05) is 6.07 Å². The minimum Gasteiger partial charge on any atom is -0.506 e. The first-order valence-corrected chi connectivity index (χ1v) is 8.11. The van der Waals surface area contributed by atoms with E-state index in [1.54, 1.807) is 6.07 Å². The van der Waals surface area contributed by atoms with Crippen LogP contribution in [0.25, 0.3) is 0 Å². The fraction of sp³-hybridized carbons (Fsp3) is 0.600. The molecule has 3 nitrogen and oxygen atoms in total. The number of nitrogens with one attached hydrogen (secondary N) is 1. The van der Waals surface area contributed by atoms with Crippen LogP contribution in [-0.4, -0.2) is 36.2 Å². The highest BCUT2D eigenvalue weighted by Crippen LogP contribution is 2.46. The number of piperazine rings is 1. The SMILES string of the molecule is CC(C)(C)[C@H](c1c(Br)ccc(Cl)c1O)N1CCNCC1. The van der Waals surface area contributed by atoms with Crippen molar-refractivity contribution in [2.75, 3.05) is 26.2 Å². The molecule has 2 rings (SSSR count). The molecule has 112 valence electrons. The minimum absolute atomic E-state index is 0.00201. The van der Waals surface area contributed by atoms with Crippen LogP contribution in [0.15, 0.2) is 16.6 Å². The molecule has 20 heavy (non-hydrogen) atoms. The van der Waals surface area contributed by atoms with Gasteiger partial charge in [-0.2, -0.15) is 0 Å². The molecule has 0 unspecified atom stereocenters. The smallest absolute Gasteiger partial charge is 0.140 e. The van der Waals surface area contributed by atoms with Gasteiger partial charge in [0.15, 0.2) is 0 Å². The Morgan fingerprint density at radius 2 is 1.90 bits per heavy atom. The fourth-order valence-corrected chi connectivity index (χ4v) is 3.62. The Kier molecular flexibility index (Phi) is 5.00. The first-order valence-electron chi connectivity index (χ1n) is 6.94. The molecular weight excluding hydrogens is 340 g/mol. The van der Waals surface area contributed by atoms with Gasteiger partial charge in [-0.25, -0.2) is 0 Å². The quantitative estimate of drug-likeness (QED) is 0.841. The molecule has 0 aliphatic carbocycles. The Morgan fingerprint density at radius 1 is 1.30 bits per heavy atom. The van der Waals surface area contributed by atoms with Crippen LogP contribution in [0.4, 0.5) is 0 Å². The standard InChI is InChI=1S/C15H22BrClN2O/c1-15(2,3)14(19-8-6-18-7-9-19)12-10(16)4-5-11(17)13(12)20/h4-5,14,18,20H,6-9H2,1-3H3/t14-/m0/s1. The lowest BCUT2D eigenvalue weighted by molar-refractivity contribution is 0.0837. The maximum atomic E-state index is 10.4. The van der Waals surface area contributed by atoms with Crippen molar-refractivity contribution in [2.45, 2.75) is 26.8 Å². The average molecular weight is 362 g/mol. The normalized spacial score (nSPS) is 19.1. The second kappa shape index (κ2) is 6.22. The molecule has 0 aromatic heterocycles. The van der Waals surface area contributed by atoms with E-state index < -0.39 is 0 Å². The first-order chi connectivity index (χ1) is 9.32. The average Bonchev–Trinajstić information content (AvgIpc) is 2.39. The highest BCUT2D eigenvalue weighted by molar-refractivity contribution is 9.10. The number of nitrogens with zero attached hydrogens (tertiary/aromatic N) is 1. The summed E-state index contributed by atoms with van der Waals surface area (Å²) in [6.07, 6.45) is 0. The molecule has 2 N–H and O–H groups in total. The van der Waals surface area contributed by atoms with E-state index in [-0.39, 0.29) is 17.2 Å². The zero-order valence-corrected chi connectivity index (χ0v) is 14.6. The van der Waals surface area contributed by atoms with Crippen LogP contribution in [0.5, 0.6) is 5.75 Å². The van der Waals surface area contributed by atoms with Crippen molar-refractivity contribution in [1.29, 1.82) is 0 Å². The molecule has 0 amide bonds. The molecule has 0 radical (unpaired) electrons. The van der Waals surface area contributed by atoms with Gasteiger partial charge in [-0.05, 0) is 17.5 Å². The summed E-state index contributed by atoms with van der Waals surface area (Å²) < 4.78 is 0.915. The second-order valence-electron chi connectivity index (χ2n) is 6.35. The van der Waals surface area contributed by atoms with Crippen molar-refractivity contribution >= 4 is 27.5 Å². The highest BCUT2D eigenvalue weighted by atomic mass is 79.9. The zero-order chi connectivity index (χ0) is 14.9. The molecule has 1 aromatic rings. The molecule has 5 heteroatoms. The van der Waals surface area contributed by atoms with Crippen molar-refractivity contribution < 1.29 is 5.11 Å². The Morgan fingerprint density at radius 3 is 2.45 bits per heavy atom. The lowest BCUT2D eigenvalue weighted by Gasteiger charge is -2.43. The maximum Gasteiger partial charge on any atom is 0.140 e.